The molecule has 0 atom stereocenters. The molecule has 86 valence electrons. The molecule has 0 amide bonds. The highest BCUT2D eigenvalue weighted by Gasteiger charge is 2.20. The Labute approximate surface area is 101 Å². The largest absolute Gasteiger partial charge is 0.281 e. The normalized spacial score (nSPS) is 11.2. The molecule has 0 spiro atoms. The summed E-state index contributed by atoms with van der Waals surface area (Å²) in [7, 11) is 0. The van der Waals surface area contributed by atoms with E-state index >= 15 is 0 Å². The van der Waals surface area contributed by atoms with Gasteiger partial charge in [-0.15, -0.1) is 0 Å². The summed E-state index contributed by atoms with van der Waals surface area (Å²) in [5.74, 6) is 0. The van der Waals surface area contributed by atoms with Crippen LogP contribution in [-0.4, -0.2) is 10.2 Å². The fourth-order valence-electron chi connectivity index (χ4n) is 1.80. The van der Waals surface area contributed by atoms with E-state index in [0.717, 1.165) is 16.8 Å². The molecule has 3 heteroatoms. The quantitative estimate of drug-likeness (QED) is 0.810. The molecule has 0 aliphatic rings. The predicted octanol–water partition coefficient (Wildman–Crippen LogP) is 3.25. The smallest absolute Gasteiger partial charge is 0.0991 e. The minimum Gasteiger partial charge on any atom is -0.281 e. The molecule has 0 unspecified atom stereocenters. The molecule has 1 heterocycles. The van der Waals surface area contributed by atoms with Crippen LogP contribution in [0.1, 0.15) is 32.0 Å². The average molecular weight is 225 g/mol. The molecule has 3 nitrogen and oxygen atoms in total. The van der Waals surface area contributed by atoms with Crippen molar-refractivity contribution in [1.82, 2.24) is 10.2 Å². The fraction of sp³-hybridized carbons (Fsp3) is 0.286. The molecular formula is C14H15N3. The first-order chi connectivity index (χ1) is 8.02. The van der Waals surface area contributed by atoms with Crippen LogP contribution in [0.5, 0.6) is 0 Å². The standard InChI is InChI=1S/C14H15N3/c1-14(2,3)13-12(9-16-17-13)11-6-4-10(8-15)5-7-11/h4-7,9H,1-3H3,(H,16,17). The van der Waals surface area contributed by atoms with Crippen molar-refractivity contribution < 1.29 is 0 Å². The SMILES string of the molecule is CC(C)(C)c1[nH]ncc1-c1ccc(C#N)cc1. The summed E-state index contributed by atoms with van der Waals surface area (Å²) < 4.78 is 0. The molecule has 2 aromatic rings. The number of aromatic amines is 1. The Morgan fingerprint density at radius 1 is 1.18 bits per heavy atom. The third-order valence-electron chi connectivity index (χ3n) is 2.71. The van der Waals surface area contributed by atoms with Gasteiger partial charge in [0.2, 0.25) is 0 Å². The van der Waals surface area contributed by atoms with Crippen molar-refractivity contribution in [2.75, 3.05) is 0 Å². The first-order valence-corrected chi connectivity index (χ1v) is 5.57. The lowest BCUT2D eigenvalue weighted by atomic mass is 9.87. The van der Waals surface area contributed by atoms with E-state index in [-0.39, 0.29) is 5.41 Å². The minimum absolute atomic E-state index is 0.0275. The number of nitrogens with one attached hydrogen (secondary N) is 1. The maximum absolute atomic E-state index is 8.77. The van der Waals surface area contributed by atoms with E-state index in [4.69, 9.17) is 5.26 Å². The van der Waals surface area contributed by atoms with Crippen molar-refractivity contribution in [2.24, 2.45) is 0 Å². The highest BCUT2D eigenvalue weighted by atomic mass is 15.1. The molecule has 0 saturated carbocycles. The Morgan fingerprint density at radius 3 is 2.35 bits per heavy atom. The first-order valence-electron chi connectivity index (χ1n) is 5.57. The molecule has 0 aliphatic heterocycles. The molecule has 2 rings (SSSR count). The van der Waals surface area contributed by atoms with Gasteiger partial charge in [-0.25, -0.2) is 0 Å². The van der Waals surface area contributed by atoms with Gasteiger partial charge in [-0.05, 0) is 17.7 Å². The topological polar surface area (TPSA) is 52.5 Å². The fourth-order valence-corrected chi connectivity index (χ4v) is 1.80. The summed E-state index contributed by atoms with van der Waals surface area (Å²) in [6.07, 6.45) is 1.84. The summed E-state index contributed by atoms with van der Waals surface area (Å²) in [6, 6.07) is 9.69. The van der Waals surface area contributed by atoms with E-state index in [1.54, 1.807) is 0 Å². The number of benzene rings is 1. The summed E-state index contributed by atoms with van der Waals surface area (Å²) in [5.41, 5.74) is 4.00. The van der Waals surface area contributed by atoms with E-state index in [1.807, 2.05) is 30.5 Å². The summed E-state index contributed by atoms with van der Waals surface area (Å²) in [4.78, 5) is 0. The molecule has 1 N–H and O–H groups in total. The van der Waals surface area contributed by atoms with Gasteiger partial charge in [-0.2, -0.15) is 10.4 Å². The van der Waals surface area contributed by atoms with Gasteiger partial charge in [0.25, 0.3) is 0 Å². The van der Waals surface area contributed by atoms with Gasteiger partial charge in [0.05, 0.1) is 17.8 Å². The molecular weight excluding hydrogens is 210 g/mol. The lowest BCUT2D eigenvalue weighted by Crippen LogP contribution is -2.13. The van der Waals surface area contributed by atoms with Gasteiger partial charge < -0.3 is 0 Å². The van der Waals surface area contributed by atoms with Crippen LogP contribution in [0, 0.1) is 11.3 Å². The van der Waals surface area contributed by atoms with Gasteiger partial charge in [0.1, 0.15) is 0 Å². The Balaban J connectivity index is 2.47. The molecule has 0 saturated heterocycles. The third kappa shape index (κ3) is 2.21. The van der Waals surface area contributed by atoms with Gasteiger partial charge in [-0.1, -0.05) is 32.9 Å². The average Bonchev–Trinajstić information content (AvgIpc) is 2.78. The zero-order chi connectivity index (χ0) is 12.5. The zero-order valence-corrected chi connectivity index (χ0v) is 10.3. The van der Waals surface area contributed by atoms with Crippen LogP contribution in [0.15, 0.2) is 30.5 Å². The third-order valence-corrected chi connectivity index (χ3v) is 2.71. The second-order valence-corrected chi connectivity index (χ2v) is 5.10. The number of hydrogen-bond donors (Lipinski definition) is 1. The van der Waals surface area contributed by atoms with Crippen LogP contribution in [-0.2, 0) is 5.41 Å². The van der Waals surface area contributed by atoms with E-state index in [1.165, 1.54) is 0 Å². The van der Waals surface area contributed by atoms with E-state index < -0.39 is 0 Å². The Hall–Kier alpha value is -2.08. The summed E-state index contributed by atoms with van der Waals surface area (Å²) >= 11 is 0. The molecule has 0 aliphatic carbocycles. The second kappa shape index (κ2) is 4.06. The van der Waals surface area contributed by atoms with E-state index in [2.05, 4.69) is 37.0 Å². The predicted molar refractivity (Wildman–Crippen MR) is 67.4 cm³/mol. The number of hydrogen-bond acceptors (Lipinski definition) is 2. The van der Waals surface area contributed by atoms with Gasteiger partial charge in [-0.3, -0.25) is 5.10 Å². The van der Waals surface area contributed by atoms with Gasteiger partial charge in [0, 0.05) is 16.7 Å². The molecule has 0 radical (unpaired) electrons. The van der Waals surface area contributed by atoms with Crippen LogP contribution >= 0.6 is 0 Å². The van der Waals surface area contributed by atoms with Crippen molar-refractivity contribution in [1.29, 1.82) is 5.26 Å². The highest BCUT2D eigenvalue weighted by molar-refractivity contribution is 5.67. The number of H-pyrrole nitrogens is 1. The van der Waals surface area contributed by atoms with Crippen molar-refractivity contribution in [3.05, 3.63) is 41.7 Å². The molecule has 0 fully saturated rings. The summed E-state index contributed by atoms with van der Waals surface area (Å²) in [6.45, 7) is 6.44. The Kier molecular flexibility index (Phi) is 2.72. The number of rotatable bonds is 1. The van der Waals surface area contributed by atoms with E-state index in [9.17, 15) is 0 Å². The first kappa shape index (κ1) is 11.4. The van der Waals surface area contributed by atoms with Crippen molar-refractivity contribution in [3.8, 4) is 17.2 Å². The summed E-state index contributed by atoms with van der Waals surface area (Å²) in [5, 5.41) is 15.9. The minimum atomic E-state index is 0.0275. The zero-order valence-electron chi connectivity index (χ0n) is 10.3. The number of nitriles is 1. The van der Waals surface area contributed by atoms with Gasteiger partial charge >= 0.3 is 0 Å². The molecule has 1 aromatic carbocycles. The molecule has 1 aromatic heterocycles. The Morgan fingerprint density at radius 2 is 1.82 bits per heavy atom. The number of aromatic nitrogens is 2. The van der Waals surface area contributed by atoms with Crippen molar-refractivity contribution in [3.63, 3.8) is 0 Å². The van der Waals surface area contributed by atoms with Crippen LogP contribution < -0.4 is 0 Å². The van der Waals surface area contributed by atoms with Crippen LogP contribution in [0.2, 0.25) is 0 Å². The van der Waals surface area contributed by atoms with Gasteiger partial charge in [0.15, 0.2) is 0 Å². The molecule has 17 heavy (non-hydrogen) atoms. The maximum atomic E-state index is 8.77. The maximum Gasteiger partial charge on any atom is 0.0991 e. The molecule has 0 bridgehead atoms. The monoisotopic (exact) mass is 225 g/mol. The van der Waals surface area contributed by atoms with Crippen molar-refractivity contribution >= 4 is 0 Å². The number of nitrogens with zero attached hydrogens (tertiary/aromatic N) is 2. The lowest BCUT2D eigenvalue weighted by Gasteiger charge is -2.18. The lowest BCUT2D eigenvalue weighted by molar-refractivity contribution is 0.568. The Bertz CT molecular complexity index is 550. The van der Waals surface area contributed by atoms with Crippen molar-refractivity contribution in [2.45, 2.75) is 26.2 Å². The second-order valence-electron chi connectivity index (χ2n) is 5.10. The van der Waals surface area contributed by atoms with Crippen LogP contribution in [0.25, 0.3) is 11.1 Å². The van der Waals surface area contributed by atoms with Crippen LogP contribution in [0.3, 0.4) is 0 Å². The van der Waals surface area contributed by atoms with Crippen LogP contribution in [0.4, 0.5) is 0 Å². The highest BCUT2D eigenvalue weighted by Crippen LogP contribution is 2.30. The van der Waals surface area contributed by atoms with E-state index in [0.29, 0.717) is 5.56 Å².